The van der Waals surface area contributed by atoms with Crippen LogP contribution >= 0.6 is 11.6 Å². The number of halogens is 1. The van der Waals surface area contributed by atoms with Gasteiger partial charge in [0.25, 0.3) is 11.8 Å². The molecule has 0 radical (unpaired) electrons. The lowest BCUT2D eigenvalue weighted by Crippen LogP contribution is -2.18. The molecule has 0 aliphatic heterocycles. The quantitative estimate of drug-likeness (QED) is 0.292. The first kappa shape index (κ1) is 21.1. The van der Waals surface area contributed by atoms with Crippen molar-refractivity contribution in [2.75, 3.05) is 5.32 Å². The van der Waals surface area contributed by atoms with Gasteiger partial charge in [0, 0.05) is 16.8 Å². The summed E-state index contributed by atoms with van der Waals surface area (Å²) in [5.41, 5.74) is 4.04. The summed E-state index contributed by atoms with van der Waals surface area (Å²) >= 11 is 6.06. The molecule has 0 aliphatic carbocycles. The summed E-state index contributed by atoms with van der Waals surface area (Å²) in [4.78, 5) is 25.0. The Labute approximate surface area is 189 Å². The molecule has 4 aromatic rings. The third-order valence-electron chi connectivity index (χ3n) is 4.81. The first-order valence-corrected chi connectivity index (χ1v) is 10.1. The fraction of sp³-hybridized carbons (Fsp3) is 0. The monoisotopic (exact) mass is 443 g/mol. The average molecular weight is 444 g/mol. The van der Waals surface area contributed by atoms with Gasteiger partial charge in [-0.15, -0.1) is 0 Å². The first-order chi connectivity index (χ1) is 15.5. The lowest BCUT2D eigenvalue weighted by atomic mass is 10.0. The number of phenols is 1. The third-order valence-corrected chi connectivity index (χ3v) is 5.14. The minimum Gasteiger partial charge on any atom is -0.507 e. The van der Waals surface area contributed by atoms with Crippen molar-refractivity contribution in [3.05, 3.63) is 107 Å². The molecule has 0 heterocycles. The van der Waals surface area contributed by atoms with Crippen molar-refractivity contribution in [3.8, 4) is 5.75 Å². The molecule has 0 aromatic heterocycles. The number of fused-ring (bicyclic) bond motifs is 1. The van der Waals surface area contributed by atoms with E-state index < -0.39 is 5.91 Å². The molecule has 6 nitrogen and oxygen atoms in total. The smallest absolute Gasteiger partial charge is 0.271 e. The molecule has 0 unspecified atom stereocenters. The Bertz CT molecular complexity index is 1350. The van der Waals surface area contributed by atoms with Gasteiger partial charge in [-0.2, -0.15) is 5.10 Å². The number of amides is 2. The molecule has 0 bridgehead atoms. The summed E-state index contributed by atoms with van der Waals surface area (Å²) in [7, 11) is 0. The van der Waals surface area contributed by atoms with Crippen LogP contribution in [0.4, 0.5) is 5.69 Å². The molecule has 3 N–H and O–H groups in total. The Morgan fingerprint density at radius 2 is 1.66 bits per heavy atom. The van der Waals surface area contributed by atoms with Gasteiger partial charge < -0.3 is 10.4 Å². The van der Waals surface area contributed by atoms with E-state index in [0.717, 1.165) is 10.8 Å². The van der Waals surface area contributed by atoms with Gasteiger partial charge in [0.2, 0.25) is 0 Å². The van der Waals surface area contributed by atoms with E-state index in [9.17, 15) is 14.7 Å². The predicted octanol–water partition coefficient (Wildman–Crippen LogP) is 5.22. The number of nitrogens with zero attached hydrogens (tertiary/aromatic N) is 1. The van der Waals surface area contributed by atoms with E-state index in [1.54, 1.807) is 48.5 Å². The van der Waals surface area contributed by atoms with Crippen LogP contribution in [0.25, 0.3) is 10.8 Å². The molecule has 0 saturated carbocycles. The number of benzene rings is 4. The second-order valence-corrected chi connectivity index (χ2v) is 7.34. The Kier molecular flexibility index (Phi) is 6.14. The molecule has 4 aromatic carbocycles. The number of hydrogen-bond acceptors (Lipinski definition) is 4. The van der Waals surface area contributed by atoms with E-state index in [0.29, 0.717) is 27.4 Å². The maximum absolute atomic E-state index is 12.5. The van der Waals surface area contributed by atoms with E-state index in [2.05, 4.69) is 15.8 Å². The minimum absolute atomic E-state index is 0.0611. The highest BCUT2D eigenvalue weighted by Gasteiger charge is 2.12. The number of aromatic hydroxyl groups is 1. The van der Waals surface area contributed by atoms with Crippen molar-refractivity contribution in [1.82, 2.24) is 5.43 Å². The largest absolute Gasteiger partial charge is 0.507 e. The number of hydrogen-bond donors (Lipinski definition) is 3. The lowest BCUT2D eigenvalue weighted by Gasteiger charge is -2.08. The Morgan fingerprint density at radius 3 is 2.50 bits per heavy atom. The third kappa shape index (κ3) is 4.61. The standard InChI is InChI=1S/C25H18ClN3O3/c26-22-11-4-3-10-20(22)25(32)28-18-8-5-7-17(14-18)24(31)29-27-15-21-19-9-2-1-6-16(19)12-13-23(21)30/h1-15,30H,(H,28,32)(H,29,31). The number of carbonyl (C=O) groups excluding carboxylic acids is 2. The molecular formula is C25H18ClN3O3. The van der Waals surface area contributed by atoms with Crippen LogP contribution in [0.5, 0.6) is 5.75 Å². The predicted molar refractivity (Wildman–Crippen MR) is 127 cm³/mol. The SMILES string of the molecule is O=C(NN=Cc1c(O)ccc2ccccc12)c1cccc(NC(=O)c2ccccc2Cl)c1. The zero-order chi connectivity index (χ0) is 22.5. The molecule has 7 heteroatoms. The number of phenolic OH excluding ortho intramolecular Hbond substituents is 1. The van der Waals surface area contributed by atoms with E-state index in [1.165, 1.54) is 12.3 Å². The van der Waals surface area contributed by atoms with Crippen LogP contribution in [0.2, 0.25) is 5.02 Å². The van der Waals surface area contributed by atoms with E-state index in [1.807, 2.05) is 30.3 Å². The molecule has 0 spiro atoms. The molecule has 4 rings (SSSR count). The Balaban J connectivity index is 1.48. The van der Waals surface area contributed by atoms with Crippen molar-refractivity contribution in [1.29, 1.82) is 0 Å². The fourth-order valence-electron chi connectivity index (χ4n) is 3.22. The Morgan fingerprint density at radius 1 is 0.875 bits per heavy atom. The van der Waals surface area contributed by atoms with Crippen molar-refractivity contribution >= 4 is 46.1 Å². The number of rotatable bonds is 5. The number of carbonyl (C=O) groups is 2. The highest BCUT2D eigenvalue weighted by Crippen LogP contribution is 2.25. The molecule has 0 aliphatic rings. The summed E-state index contributed by atoms with van der Waals surface area (Å²) < 4.78 is 0. The number of hydrazone groups is 1. The van der Waals surface area contributed by atoms with Crippen molar-refractivity contribution in [3.63, 3.8) is 0 Å². The summed E-state index contributed by atoms with van der Waals surface area (Å²) in [5.74, 6) is -0.779. The second kappa shape index (κ2) is 9.32. The first-order valence-electron chi connectivity index (χ1n) is 9.73. The highest BCUT2D eigenvalue weighted by molar-refractivity contribution is 6.34. The van der Waals surface area contributed by atoms with E-state index in [4.69, 9.17) is 11.6 Å². The van der Waals surface area contributed by atoms with Crippen LogP contribution in [0.15, 0.2) is 90.0 Å². The molecule has 158 valence electrons. The van der Waals surface area contributed by atoms with Crippen molar-refractivity contribution < 1.29 is 14.7 Å². The maximum Gasteiger partial charge on any atom is 0.271 e. The van der Waals surface area contributed by atoms with Crippen molar-refractivity contribution in [2.45, 2.75) is 0 Å². The molecule has 2 amide bonds. The van der Waals surface area contributed by atoms with Crippen LogP contribution in [0, 0.1) is 0 Å². The van der Waals surface area contributed by atoms with Gasteiger partial charge in [0.05, 0.1) is 16.8 Å². The van der Waals surface area contributed by atoms with Crippen LogP contribution in [-0.4, -0.2) is 23.1 Å². The fourth-order valence-corrected chi connectivity index (χ4v) is 3.44. The average Bonchev–Trinajstić information content (AvgIpc) is 2.81. The maximum atomic E-state index is 12.5. The van der Waals surface area contributed by atoms with Crippen LogP contribution in [0.3, 0.4) is 0 Å². The molecule has 32 heavy (non-hydrogen) atoms. The summed E-state index contributed by atoms with van der Waals surface area (Å²) in [6, 6.07) is 24.1. The topological polar surface area (TPSA) is 90.8 Å². The minimum atomic E-state index is -0.463. The van der Waals surface area contributed by atoms with E-state index >= 15 is 0 Å². The summed E-state index contributed by atoms with van der Waals surface area (Å²) in [6.45, 7) is 0. The van der Waals surface area contributed by atoms with Gasteiger partial charge in [0.1, 0.15) is 5.75 Å². The van der Waals surface area contributed by atoms with Gasteiger partial charge in [0.15, 0.2) is 0 Å². The van der Waals surface area contributed by atoms with Gasteiger partial charge in [-0.3, -0.25) is 9.59 Å². The van der Waals surface area contributed by atoms with Gasteiger partial charge in [-0.1, -0.05) is 60.1 Å². The normalized spacial score (nSPS) is 10.9. The second-order valence-electron chi connectivity index (χ2n) is 6.93. The van der Waals surface area contributed by atoms with Crippen LogP contribution in [-0.2, 0) is 0 Å². The lowest BCUT2D eigenvalue weighted by molar-refractivity contribution is 0.0953. The van der Waals surface area contributed by atoms with Crippen molar-refractivity contribution in [2.24, 2.45) is 5.10 Å². The zero-order valence-electron chi connectivity index (χ0n) is 16.7. The molecular weight excluding hydrogens is 426 g/mol. The molecule has 0 fully saturated rings. The van der Waals surface area contributed by atoms with Gasteiger partial charge in [-0.05, 0) is 47.2 Å². The van der Waals surface area contributed by atoms with Gasteiger partial charge >= 0.3 is 0 Å². The summed E-state index contributed by atoms with van der Waals surface area (Å²) in [6.07, 6.45) is 1.40. The van der Waals surface area contributed by atoms with Crippen LogP contribution < -0.4 is 10.7 Å². The molecule has 0 atom stereocenters. The highest BCUT2D eigenvalue weighted by atomic mass is 35.5. The number of nitrogens with one attached hydrogen (secondary N) is 2. The Hall–Kier alpha value is -4.16. The zero-order valence-corrected chi connectivity index (χ0v) is 17.5. The molecule has 0 saturated heterocycles. The number of anilines is 1. The van der Waals surface area contributed by atoms with E-state index in [-0.39, 0.29) is 11.7 Å². The van der Waals surface area contributed by atoms with Crippen LogP contribution in [0.1, 0.15) is 26.3 Å². The summed E-state index contributed by atoms with van der Waals surface area (Å²) in [5, 5.41) is 19.0. The van der Waals surface area contributed by atoms with Gasteiger partial charge in [-0.25, -0.2) is 5.43 Å².